The predicted octanol–water partition coefficient (Wildman–Crippen LogP) is 1.52. The van der Waals surface area contributed by atoms with Gasteiger partial charge in [0.25, 0.3) is 0 Å². The normalized spacial score (nSPS) is 10.3. The largest absolute Gasteiger partial charge is 0.368 e. The van der Waals surface area contributed by atoms with E-state index in [1.54, 1.807) is 25.2 Å². The number of fused-ring (bicyclic) bond motifs is 1. The van der Waals surface area contributed by atoms with E-state index < -0.39 is 0 Å². The van der Waals surface area contributed by atoms with Gasteiger partial charge in [0, 0.05) is 37.8 Å². The van der Waals surface area contributed by atoms with Crippen LogP contribution in [0.25, 0.3) is 10.8 Å². The maximum Gasteiger partial charge on any atom is 0.223 e. The molecule has 0 aliphatic carbocycles. The van der Waals surface area contributed by atoms with E-state index in [2.05, 4.69) is 15.5 Å². The van der Waals surface area contributed by atoms with Gasteiger partial charge in [0.05, 0.1) is 6.20 Å². The molecule has 1 heterocycles. The van der Waals surface area contributed by atoms with Gasteiger partial charge in [-0.3, -0.25) is 4.79 Å². The molecule has 0 atom stereocenters. The van der Waals surface area contributed by atoms with Gasteiger partial charge < -0.3 is 10.2 Å². The van der Waals surface area contributed by atoms with Crippen molar-refractivity contribution in [2.24, 2.45) is 0 Å². The minimum absolute atomic E-state index is 0.0932. The lowest BCUT2D eigenvalue weighted by Gasteiger charge is -2.11. The Hall–Kier alpha value is -2.17. The van der Waals surface area contributed by atoms with Crippen LogP contribution in [0.4, 0.5) is 5.82 Å². The highest BCUT2D eigenvalue weighted by Crippen LogP contribution is 2.18. The summed E-state index contributed by atoms with van der Waals surface area (Å²) in [7, 11) is 3.50. The molecule has 0 spiro atoms. The summed E-state index contributed by atoms with van der Waals surface area (Å²) in [5.74, 6) is 0.815. The Balaban J connectivity index is 2.06. The highest BCUT2D eigenvalue weighted by Gasteiger charge is 2.05. The number of hydrogen-bond acceptors (Lipinski definition) is 4. The fourth-order valence-electron chi connectivity index (χ4n) is 1.67. The third-order valence-corrected chi connectivity index (χ3v) is 2.70. The Morgan fingerprint density at radius 1 is 1.33 bits per heavy atom. The number of hydrogen-bond donors (Lipinski definition) is 1. The van der Waals surface area contributed by atoms with Gasteiger partial charge in [0.15, 0.2) is 5.82 Å². The molecule has 0 unspecified atom stereocenters. The van der Waals surface area contributed by atoms with Crippen molar-refractivity contribution in [1.82, 2.24) is 15.1 Å². The van der Waals surface area contributed by atoms with Gasteiger partial charge in [-0.05, 0) is 0 Å². The molecule has 1 aromatic heterocycles. The fourth-order valence-corrected chi connectivity index (χ4v) is 1.67. The van der Waals surface area contributed by atoms with E-state index in [-0.39, 0.29) is 5.91 Å². The summed E-state index contributed by atoms with van der Waals surface area (Å²) in [6.07, 6.45) is 2.17. The molecule has 2 rings (SSSR count). The molecule has 18 heavy (non-hydrogen) atoms. The van der Waals surface area contributed by atoms with Gasteiger partial charge in [0.2, 0.25) is 5.91 Å². The topological polar surface area (TPSA) is 58.1 Å². The number of carbonyl (C=O) groups excluding carboxylic acids is 1. The van der Waals surface area contributed by atoms with Crippen molar-refractivity contribution in [3.05, 3.63) is 30.5 Å². The van der Waals surface area contributed by atoms with E-state index in [4.69, 9.17) is 0 Å². The van der Waals surface area contributed by atoms with Crippen LogP contribution in [-0.4, -0.2) is 41.6 Å². The summed E-state index contributed by atoms with van der Waals surface area (Å²) in [5, 5.41) is 13.2. The fraction of sp³-hybridized carbons (Fsp3) is 0.308. The predicted molar refractivity (Wildman–Crippen MR) is 71.3 cm³/mol. The lowest BCUT2D eigenvalue weighted by molar-refractivity contribution is -0.128. The monoisotopic (exact) mass is 244 g/mol. The lowest BCUT2D eigenvalue weighted by atomic mass is 10.2. The third-order valence-electron chi connectivity index (χ3n) is 2.70. The zero-order chi connectivity index (χ0) is 13.0. The second-order valence-electron chi connectivity index (χ2n) is 4.25. The standard InChI is InChI=1S/C13H16N4O/c1-17(2)12(18)7-8-14-13-11-6-4-3-5-10(11)9-15-16-13/h3-6,9H,7-8H2,1-2H3,(H,14,16). The van der Waals surface area contributed by atoms with Crippen LogP contribution in [0.15, 0.2) is 30.5 Å². The molecular formula is C13H16N4O. The van der Waals surface area contributed by atoms with Gasteiger partial charge in [-0.2, -0.15) is 5.10 Å². The summed E-state index contributed by atoms with van der Waals surface area (Å²) in [6, 6.07) is 7.89. The molecule has 2 aromatic rings. The Kier molecular flexibility index (Phi) is 3.72. The summed E-state index contributed by atoms with van der Waals surface area (Å²) in [5.41, 5.74) is 0. The van der Waals surface area contributed by atoms with Crippen molar-refractivity contribution in [3.8, 4) is 0 Å². The molecule has 0 saturated carbocycles. The van der Waals surface area contributed by atoms with Crippen molar-refractivity contribution in [1.29, 1.82) is 0 Å². The molecule has 1 aromatic carbocycles. The highest BCUT2D eigenvalue weighted by molar-refractivity contribution is 5.90. The van der Waals surface area contributed by atoms with Crippen LogP contribution in [0.2, 0.25) is 0 Å². The minimum atomic E-state index is 0.0932. The maximum atomic E-state index is 11.4. The Labute approximate surface area is 106 Å². The van der Waals surface area contributed by atoms with Gasteiger partial charge in [0.1, 0.15) is 0 Å². The van der Waals surface area contributed by atoms with E-state index in [1.165, 1.54) is 0 Å². The Bertz CT molecular complexity index is 548. The van der Waals surface area contributed by atoms with Gasteiger partial charge in [-0.15, -0.1) is 5.10 Å². The molecular weight excluding hydrogens is 228 g/mol. The van der Waals surface area contributed by atoms with E-state index in [0.29, 0.717) is 13.0 Å². The molecule has 0 bridgehead atoms. The first-order chi connectivity index (χ1) is 8.68. The van der Waals surface area contributed by atoms with Crippen LogP contribution in [0.5, 0.6) is 0 Å². The van der Waals surface area contributed by atoms with Crippen molar-refractivity contribution in [2.45, 2.75) is 6.42 Å². The molecule has 1 N–H and O–H groups in total. The number of carbonyl (C=O) groups is 1. The van der Waals surface area contributed by atoms with E-state index in [9.17, 15) is 4.79 Å². The van der Waals surface area contributed by atoms with E-state index in [0.717, 1.165) is 16.6 Å². The molecule has 0 aliphatic heterocycles. The average molecular weight is 244 g/mol. The Morgan fingerprint density at radius 2 is 2.11 bits per heavy atom. The number of nitrogens with zero attached hydrogens (tertiary/aromatic N) is 3. The van der Waals surface area contributed by atoms with Crippen LogP contribution >= 0.6 is 0 Å². The number of nitrogens with one attached hydrogen (secondary N) is 1. The van der Waals surface area contributed by atoms with Crippen molar-refractivity contribution < 1.29 is 4.79 Å². The van der Waals surface area contributed by atoms with E-state index >= 15 is 0 Å². The molecule has 0 saturated heterocycles. The highest BCUT2D eigenvalue weighted by atomic mass is 16.2. The maximum absolute atomic E-state index is 11.4. The quantitative estimate of drug-likeness (QED) is 0.886. The summed E-state index contributed by atoms with van der Waals surface area (Å²) in [6.45, 7) is 0.555. The molecule has 0 fully saturated rings. The molecule has 5 nitrogen and oxygen atoms in total. The molecule has 1 amide bonds. The van der Waals surface area contributed by atoms with Crippen LogP contribution in [0, 0.1) is 0 Å². The first kappa shape index (κ1) is 12.3. The first-order valence-electron chi connectivity index (χ1n) is 5.83. The number of benzene rings is 1. The smallest absolute Gasteiger partial charge is 0.223 e. The Morgan fingerprint density at radius 3 is 2.89 bits per heavy atom. The number of rotatable bonds is 4. The average Bonchev–Trinajstić information content (AvgIpc) is 2.38. The number of amides is 1. The first-order valence-corrected chi connectivity index (χ1v) is 5.83. The van der Waals surface area contributed by atoms with Crippen LogP contribution in [0.3, 0.4) is 0 Å². The van der Waals surface area contributed by atoms with Crippen LogP contribution < -0.4 is 5.32 Å². The van der Waals surface area contributed by atoms with Crippen molar-refractivity contribution >= 4 is 22.5 Å². The van der Waals surface area contributed by atoms with Crippen LogP contribution in [-0.2, 0) is 4.79 Å². The molecule has 5 heteroatoms. The lowest BCUT2D eigenvalue weighted by Crippen LogP contribution is -2.24. The van der Waals surface area contributed by atoms with Crippen molar-refractivity contribution in [3.63, 3.8) is 0 Å². The minimum Gasteiger partial charge on any atom is -0.368 e. The molecule has 0 aliphatic rings. The molecule has 94 valence electrons. The summed E-state index contributed by atoms with van der Waals surface area (Å²) in [4.78, 5) is 13.0. The summed E-state index contributed by atoms with van der Waals surface area (Å²) >= 11 is 0. The third kappa shape index (κ3) is 2.74. The SMILES string of the molecule is CN(C)C(=O)CCNc1nncc2ccccc12. The van der Waals surface area contributed by atoms with Crippen molar-refractivity contribution in [2.75, 3.05) is 26.0 Å². The second-order valence-corrected chi connectivity index (χ2v) is 4.25. The summed E-state index contributed by atoms with van der Waals surface area (Å²) < 4.78 is 0. The van der Waals surface area contributed by atoms with Gasteiger partial charge in [-0.1, -0.05) is 24.3 Å². The van der Waals surface area contributed by atoms with E-state index in [1.807, 2.05) is 24.3 Å². The van der Waals surface area contributed by atoms with Gasteiger partial charge >= 0.3 is 0 Å². The number of aromatic nitrogens is 2. The molecule has 0 radical (unpaired) electrons. The zero-order valence-corrected chi connectivity index (χ0v) is 10.6. The van der Waals surface area contributed by atoms with Crippen LogP contribution in [0.1, 0.15) is 6.42 Å². The van der Waals surface area contributed by atoms with Gasteiger partial charge in [-0.25, -0.2) is 0 Å². The zero-order valence-electron chi connectivity index (χ0n) is 10.6. The second kappa shape index (κ2) is 5.44. The number of anilines is 1.